The molecular formula is C12H10CuO2S3+. The maximum Gasteiger partial charge on any atom is 1.00 e. The standard InChI is InChI=1S/C12H10O2S3.Cu/c13-17(14,9-4-2-1-3-5-9)10-6-7-11(15)12(16)8-10;/h1-8,15-16H;/q;+1. The van der Waals surface area contributed by atoms with Gasteiger partial charge in [-0.25, -0.2) is 8.42 Å². The van der Waals surface area contributed by atoms with E-state index in [9.17, 15) is 8.42 Å². The van der Waals surface area contributed by atoms with Gasteiger partial charge in [0.15, 0.2) is 0 Å². The average Bonchev–Trinajstić information content (AvgIpc) is 2.33. The molecule has 0 aliphatic heterocycles. The fraction of sp³-hybridized carbons (Fsp3) is 0. The van der Waals surface area contributed by atoms with Crippen molar-refractivity contribution in [3.63, 3.8) is 0 Å². The van der Waals surface area contributed by atoms with Gasteiger partial charge in [0.2, 0.25) is 9.84 Å². The fourth-order valence-electron chi connectivity index (χ4n) is 1.41. The first kappa shape index (κ1) is 15.7. The zero-order chi connectivity index (χ0) is 12.5. The smallest absolute Gasteiger partial charge is 0.219 e. The molecule has 0 aliphatic rings. The molecule has 2 aromatic carbocycles. The van der Waals surface area contributed by atoms with E-state index in [4.69, 9.17) is 0 Å². The molecule has 6 heteroatoms. The molecule has 0 heterocycles. The first-order valence-corrected chi connectivity index (χ1v) is 7.22. The van der Waals surface area contributed by atoms with E-state index in [1.165, 1.54) is 12.1 Å². The molecule has 0 radical (unpaired) electrons. The first-order valence-electron chi connectivity index (χ1n) is 4.84. The van der Waals surface area contributed by atoms with Gasteiger partial charge in [0.05, 0.1) is 9.79 Å². The predicted octanol–water partition coefficient (Wildman–Crippen LogP) is 3.09. The van der Waals surface area contributed by atoms with E-state index in [1.807, 2.05) is 0 Å². The van der Waals surface area contributed by atoms with Gasteiger partial charge < -0.3 is 0 Å². The average molecular weight is 346 g/mol. The number of hydrogen-bond acceptors (Lipinski definition) is 4. The molecule has 0 amide bonds. The van der Waals surface area contributed by atoms with Crippen molar-refractivity contribution in [2.24, 2.45) is 0 Å². The summed E-state index contributed by atoms with van der Waals surface area (Å²) in [6.45, 7) is 0. The number of sulfone groups is 1. The van der Waals surface area contributed by atoms with Crippen LogP contribution in [0, 0.1) is 0 Å². The van der Waals surface area contributed by atoms with Crippen LogP contribution in [0.1, 0.15) is 0 Å². The molecule has 0 N–H and O–H groups in total. The summed E-state index contributed by atoms with van der Waals surface area (Å²) in [6.07, 6.45) is 0. The van der Waals surface area contributed by atoms with Gasteiger partial charge in [-0.05, 0) is 30.3 Å². The van der Waals surface area contributed by atoms with Crippen LogP contribution < -0.4 is 0 Å². The molecule has 0 aromatic heterocycles. The molecule has 0 unspecified atom stereocenters. The van der Waals surface area contributed by atoms with E-state index in [0.29, 0.717) is 9.79 Å². The molecule has 0 saturated carbocycles. The zero-order valence-corrected chi connectivity index (χ0v) is 12.6. The summed E-state index contributed by atoms with van der Waals surface area (Å²) >= 11 is 8.33. The molecule has 18 heavy (non-hydrogen) atoms. The van der Waals surface area contributed by atoms with Gasteiger partial charge in [0, 0.05) is 9.79 Å². The van der Waals surface area contributed by atoms with Crippen molar-refractivity contribution in [3.05, 3.63) is 48.5 Å². The van der Waals surface area contributed by atoms with Crippen molar-refractivity contribution in [2.75, 3.05) is 0 Å². The van der Waals surface area contributed by atoms with E-state index >= 15 is 0 Å². The minimum absolute atomic E-state index is 0. The van der Waals surface area contributed by atoms with E-state index < -0.39 is 9.84 Å². The van der Waals surface area contributed by atoms with Crippen LogP contribution in [0.4, 0.5) is 0 Å². The normalized spacial score (nSPS) is 10.8. The van der Waals surface area contributed by atoms with Crippen LogP contribution in [0.3, 0.4) is 0 Å². The quantitative estimate of drug-likeness (QED) is 0.648. The van der Waals surface area contributed by atoms with Gasteiger partial charge in [0.25, 0.3) is 0 Å². The minimum Gasteiger partial charge on any atom is -0.219 e. The third-order valence-electron chi connectivity index (χ3n) is 2.31. The molecule has 0 aliphatic carbocycles. The second kappa shape index (κ2) is 6.17. The summed E-state index contributed by atoms with van der Waals surface area (Å²) < 4.78 is 24.5. The van der Waals surface area contributed by atoms with E-state index in [1.54, 1.807) is 36.4 Å². The van der Waals surface area contributed by atoms with Crippen molar-refractivity contribution in [3.8, 4) is 0 Å². The molecule has 0 saturated heterocycles. The topological polar surface area (TPSA) is 34.1 Å². The van der Waals surface area contributed by atoms with E-state index in [-0.39, 0.29) is 26.9 Å². The Balaban J connectivity index is 0.00000162. The Morgan fingerprint density at radius 2 is 1.39 bits per heavy atom. The SMILES string of the molecule is O=S(=O)(c1ccccc1)c1ccc(S)c(S)c1.[Cu+]. The second-order valence-corrected chi connectivity index (χ2v) is 6.38. The molecule has 2 aromatic rings. The number of hydrogen-bond donors (Lipinski definition) is 2. The summed E-state index contributed by atoms with van der Waals surface area (Å²) in [5.41, 5.74) is 0. The van der Waals surface area contributed by atoms with Gasteiger partial charge in [-0.3, -0.25) is 0 Å². The Labute approximate surface area is 128 Å². The van der Waals surface area contributed by atoms with Gasteiger partial charge in [0.1, 0.15) is 0 Å². The van der Waals surface area contributed by atoms with Crippen LogP contribution in [-0.4, -0.2) is 8.42 Å². The van der Waals surface area contributed by atoms with Crippen molar-refractivity contribution >= 4 is 35.1 Å². The predicted molar refractivity (Wildman–Crippen MR) is 72.8 cm³/mol. The van der Waals surface area contributed by atoms with Crippen LogP contribution in [0.2, 0.25) is 0 Å². The molecule has 98 valence electrons. The van der Waals surface area contributed by atoms with Crippen LogP contribution in [0.25, 0.3) is 0 Å². The first-order chi connectivity index (χ1) is 8.01. The van der Waals surface area contributed by atoms with Crippen molar-refractivity contribution in [1.29, 1.82) is 0 Å². The van der Waals surface area contributed by atoms with Crippen LogP contribution >= 0.6 is 25.3 Å². The molecule has 2 rings (SSSR count). The molecule has 0 spiro atoms. The third-order valence-corrected chi connectivity index (χ3v) is 5.01. The number of rotatable bonds is 2. The summed E-state index contributed by atoms with van der Waals surface area (Å²) in [5, 5.41) is 0. The van der Waals surface area contributed by atoms with Crippen molar-refractivity contribution in [2.45, 2.75) is 19.6 Å². The van der Waals surface area contributed by atoms with Gasteiger partial charge in [-0.15, -0.1) is 25.3 Å². The molecule has 0 fully saturated rings. The number of thiol groups is 2. The largest absolute Gasteiger partial charge is 1.00 e. The monoisotopic (exact) mass is 345 g/mol. The zero-order valence-electron chi connectivity index (χ0n) is 9.04. The van der Waals surface area contributed by atoms with E-state index in [2.05, 4.69) is 25.3 Å². The van der Waals surface area contributed by atoms with Crippen LogP contribution in [0.5, 0.6) is 0 Å². The molecule has 0 bridgehead atoms. The Hall–Kier alpha value is -0.391. The van der Waals surface area contributed by atoms with Crippen LogP contribution in [-0.2, 0) is 26.9 Å². The maximum atomic E-state index is 12.2. The van der Waals surface area contributed by atoms with Crippen molar-refractivity contribution < 1.29 is 25.5 Å². The summed E-state index contributed by atoms with van der Waals surface area (Å²) in [4.78, 5) is 1.71. The van der Waals surface area contributed by atoms with Gasteiger partial charge >= 0.3 is 17.1 Å². The van der Waals surface area contributed by atoms with E-state index in [0.717, 1.165) is 0 Å². The Morgan fingerprint density at radius 3 is 1.94 bits per heavy atom. The number of benzene rings is 2. The molecule has 2 nitrogen and oxygen atoms in total. The summed E-state index contributed by atoms with van der Waals surface area (Å²) in [7, 11) is -3.46. The van der Waals surface area contributed by atoms with Gasteiger partial charge in [-0.1, -0.05) is 18.2 Å². The minimum atomic E-state index is -3.46. The maximum absolute atomic E-state index is 12.2. The Bertz CT molecular complexity index is 640. The fourth-order valence-corrected chi connectivity index (χ4v) is 3.15. The Kier molecular flexibility index (Phi) is 5.37. The van der Waals surface area contributed by atoms with Crippen molar-refractivity contribution in [1.82, 2.24) is 0 Å². The van der Waals surface area contributed by atoms with Crippen LogP contribution in [0.15, 0.2) is 68.1 Å². The summed E-state index contributed by atoms with van der Waals surface area (Å²) in [6, 6.07) is 13.0. The summed E-state index contributed by atoms with van der Waals surface area (Å²) in [5.74, 6) is 0. The molecular weight excluding hydrogens is 336 g/mol. The van der Waals surface area contributed by atoms with Gasteiger partial charge in [-0.2, -0.15) is 0 Å². The molecule has 0 atom stereocenters. The third kappa shape index (κ3) is 3.13. The Morgan fingerprint density at radius 1 is 0.778 bits per heavy atom. The second-order valence-electron chi connectivity index (χ2n) is 3.47.